The standard InChI is InChI=1S/C15H20N2O4/c1-15(2)6-4-8-17(12(15)14(19)20)13(18)10-5-7-16-9-11(10)21-3/h5,7,9,12H,4,6,8H2,1-3H3,(H,19,20). The molecule has 1 unspecified atom stereocenters. The molecule has 1 aliphatic heterocycles. The molecule has 1 fully saturated rings. The lowest BCUT2D eigenvalue weighted by Crippen LogP contribution is -2.56. The highest BCUT2D eigenvalue weighted by molar-refractivity contribution is 5.99. The molecule has 0 aliphatic carbocycles. The van der Waals surface area contributed by atoms with Gasteiger partial charge in [-0.2, -0.15) is 0 Å². The van der Waals surface area contributed by atoms with Gasteiger partial charge in [-0.3, -0.25) is 9.78 Å². The summed E-state index contributed by atoms with van der Waals surface area (Å²) in [6.07, 6.45) is 4.52. The first kappa shape index (κ1) is 15.3. The Kier molecular flexibility index (Phi) is 4.16. The number of likely N-dealkylation sites (tertiary alicyclic amines) is 1. The average molecular weight is 292 g/mol. The molecule has 0 radical (unpaired) electrons. The Morgan fingerprint density at radius 3 is 2.81 bits per heavy atom. The normalized spacial score (nSPS) is 20.9. The van der Waals surface area contributed by atoms with Crippen molar-refractivity contribution in [2.75, 3.05) is 13.7 Å². The van der Waals surface area contributed by atoms with Gasteiger partial charge in [0.1, 0.15) is 11.8 Å². The molecule has 1 N–H and O–H groups in total. The summed E-state index contributed by atoms with van der Waals surface area (Å²) < 4.78 is 5.15. The topological polar surface area (TPSA) is 79.7 Å². The number of nitrogens with zero attached hydrogens (tertiary/aromatic N) is 2. The maximum Gasteiger partial charge on any atom is 0.326 e. The molecule has 1 aromatic heterocycles. The number of rotatable bonds is 3. The lowest BCUT2D eigenvalue weighted by atomic mass is 9.76. The van der Waals surface area contributed by atoms with Gasteiger partial charge in [0.25, 0.3) is 5.91 Å². The molecule has 6 nitrogen and oxygen atoms in total. The predicted octanol–water partition coefficient (Wildman–Crippen LogP) is 1.81. The van der Waals surface area contributed by atoms with Crippen LogP contribution >= 0.6 is 0 Å². The van der Waals surface area contributed by atoms with E-state index in [-0.39, 0.29) is 5.91 Å². The van der Waals surface area contributed by atoms with Gasteiger partial charge in [0, 0.05) is 12.7 Å². The van der Waals surface area contributed by atoms with E-state index in [1.165, 1.54) is 24.4 Å². The van der Waals surface area contributed by atoms with Crippen molar-refractivity contribution >= 4 is 11.9 Å². The number of carbonyl (C=O) groups is 2. The first-order valence-corrected chi connectivity index (χ1v) is 6.90. The number of ether oxygens (including phenoxy) is 1. The Labute approximate surface area is 123 Å². The van der Waals surface area contributed by atoms with Gasteiger partial charge in [-0.15, -0.1) is 0 Å². The Morgan fingerprint density at radius 2 is 2.19 bits per heavy atom. The molecule has 1 atom stereocenters. The third-order valence-electron chi connectivity index (χ3n) is 4.00. The molecule has 0 saturated carbocycles. The monoisotopic (exact) mass is 292 g/mol. The molecule has 0 spiro atoms. The van der Waals surface area contributed by atoms with Gasteiger partial charge < -0.3 is 14.7 Å². The number of methoxy groups -OCH3 is 1. The van der Waals surface area contributed by atoms with Crippen molar-refractivity contribution in [3.05, 3.63) is 24.0 Å². The van der Waals surface area contributed by atoms with Crippen molar-refractivity contribution in [1.82, 2.24) is 9.88 Å². The summed E-state index contributed by atoms with van der Waals surface area (Å²) in [5.74, 6) is -0.939. The number of amides is 1. The highest BCUT2D eigenvalue weighted by atomic mass is 16.5. The van der Waals surface area contributed by atoms with Crippen molar-refractivity contribution in [3.8, 4) is 5.75 Å². The second kappa shape index (κ2) is 5.71. The zero-order valence-corrected chi connectivity index (χ0v) is 12.5. The van der Waals surface area contributed by atoms with E-state index in [0.29, 0.717) is 17.9 Å². The molecular weight excluding hydrogens is 272 g/mol. The highest BCUT2D eigenvalue weighted by Gasteiger charge is 2.45. The lowest BCUT2D eigenvalue weighted by Gasteiger charge is -2.44. The molecule has 1 aliphatic rings. The summed E-state index contributed by atoms with van der Waals surface area (Å²) in [5.41, 5.74) is -0.114. The predicted molar refractivity (Wildman–Crippen MR) is 76.3 cm³/mol. The smallest absolute Gasteiger partial charge is 0.326 e. The highest BCUT2D eigenvalue weighted by Crippen LogP contribution is 2.36. The number of pyridine rings is 1. The van der Waals surface area contributed by atoms with E-state index < -0.39 is 17.4 Å². The zero-order valence-electron chi connectivity index (χ0n) is 12.5. The minimum atomic E-state index is -0.971. The van der Waals surface area contributed by atoms with Gasteiger partial charge >= 0.3 is 5.97 Å². The zero-order chi connectivity index (χ0) is 15.6. The second-order valence-corrected chi connectivity index (χ2v) is 5.91. The number of aliphatic carboxylic acids is 1. The minimum Gasteiger partial charge on any atom is -0.494 e. The van der Waals surface area contributed by atoms with E-state index in [2.05, 4.69) is 4.98 Å². The summed E-state index contributed by atoms with van der Waals surface area (Å²) in [5, 5.41) is 9.53. The Morgan fingerprint density at radius 1 is 1.48 bits per heavy atom. The minimum absolute atomic E-state index is 0.325. The van der Waals surface area contributed by atoms with E-state index in [4.69, 9.17) is 4.74 Å². The van der Waals surface area contributed by atoms with Crippen LogP contribution in [0.4, 0.5) is 0 Å². The van der Waals surface area contributed by atoms with Crippen LogP contribution in [0.25, 0.3) is 0 Å². The Bertz CT molecular complexity index is 556. The summed E-state index contributed by atoms with van der Waals surface area (Å²) in [6.45, 7) is 4.20. The van der Waals surface area contributed by atoms with Crippen LogP contribution in [0.5, 0.6) is 5.75 Å². The molecule has 21 heavy (non-hydrogen) atoms. The van der Waals surface area contributed by atoms with Gasteiger partial charge in [0.15, 0.2) is 0 Å². The van der Waals surface area contributed by atoms with Crippen LogP contribution < -0.4 is 4.74 Å². The molecule has 2 rings (SSSR count). The van der Waals surface area contributed by atoms with Crippen molar-refractivity contribution in [1.29, 1.82) is 0 Å². The van der Waals surface area contributed by atoms with Crippen LogP contribution in [-0.4, -0.2) is 46.6 Å². The van der Waals surface area contributed by atoms with E-state index >= 15 is 0 Å². The SMILES string of the molecule is COc1cnccc1C(=O)N1CCCC(C)(C)C1C(=O)O. The van der Waals surface area contributed by atoms with Crippen LogP contribution in [0.15, 0.2) is 18.5 Å². The molecule has 1 aromatic rings. The number of carboxylic acids is 1. The second-order valence-electron chi connectivity index (χ2n) is 5.91. The number of carboxylic acid groups (broad SMARTS) is 1. The number of carbonyl (C=O) groups excluding carboxylic acids is 1. The van der Waals surface area contributed by atoms with E-state index in [1.54, 1.807) is 6.07 Å². The maximum atomic E-state index is 12.7. The molecule has 0 bridgehead atoms. The van der Waals surface area contributed by atoms with Gasteiger partial charge in [0.05, 0.1) is 18.9 Å². The molecule has 1 amide bonds. The molecule has 2 heterocycles. The van der Waals surface area contributed by atoms with Crippen LogP contribution in [0.2, 0.25) is 0 Å². The number of piperidine rings is 1. The van der Waals surface area contributed by atoms with E-state index in [0.717, 1.165) is 12.8 Å². The van der Waals surface area contributed by atoms with E-state index in [9.17, 15) is 14.7 Å². The van der Waals surface area contributed by atoms with Crippen LogP contribution in [-0.2, 0) is 4.79 Å². The fourth-order valence-electron chi connectivity index (χ4n) is 2.95. The summed E-state index contributed by atoms with van der Waals surface area (Å²) >= 11 is 0. The van der Waals surface area contributed by atoms with Crippen molar-refractivity contribution < 1.29 is 19.4 Å². The van der Waals surface area contributed by atoms with Crippen LogP contribution in [0, 0.1) is 5.41 Å². The molecular formula is C15H20N2O4. The summed E-state index contributed by atoms with van der Waals surface area (Å²) in [6, 6.07) is 0.721. The fourth-order valence-corrected chi connectivity index (χ4v) is 2.95. The van der Waals surface area contributed by atoms with Crippen LogP contribution in [0.3, 0.4) is 0 Å². The Hall–Kier alpha value is -2.11. The molecule has 0 aromatic carbocycles. The summed E-state index contributed by atoms with van der Waals surface area (Å²) in [7, 11) is 1.46. The van der Waals surface area contributed by atoms with E-state index in [1.807, 2.05) is 13.8 Å². The first-order valence-electron chi connectivity index (χ1n) is 6.90. The quantitative estimate of drug-likeness (QED) is 0.919. The molecule has 1 saturated heterocycles. The van der Waals surface area contributed by atoms with Gasteiger partial charge in [-0.25, -0.2) is 4.79 Å². The van der Waals surface area contributed by atoms with Crippen LogP contribution in [0.1, 0.15) is 37.0 Å². The summed E-state index contributed by atoms with van der Waals surface area (Å²) in [4.78, 5) is 29.7. The largest absolute Gasteiger partial charge is 0.494 e. The first-order chi connectivity index (χ1) is 9.88. The van der Waals surface area contributed by atoms with Crippen molar-refractivity contribution in [2.24, 2.45) is 5.41 Å². The van der Waals surface area contributed by atoms with Gasteiger partial charge in [-0.1, -0.05) is 13.8 Å². The maximum absolute atomic E-state index is 12.7. The molecule has 6 heteroatoms. The van der Waals surface area contributed by atoms with Crippen molar-refractivity contribution in [3.63, 3.8) is 0 Å². The Balaban J connectivity index is 2.38. The average Bonchev–Trinajstić information content (AvgIpc) is 2.44. The number of hydrogen-bond donors (Lipinski definition) is 1. The fraction of sp³-hybridized carbons (Fsp3) is 0.533. The van der Waals surface area contributed by atoms with Crippen molar-refractivity contribution in [2.45, 2.75) is 32.7 Å². The lowest BCUT2D eigenvalue weighted by molar-refractivity contribution is -0.148. The molecule has 114 valence electrons. The number of aromatic nitrogens is 1. The third kappa shape index (κ3) is 2.84. The number of hydrogen-bond acceptors (Lipinski definition) is 4. The van der Waals surface area contributed by atoms with Gasteiger partial charge in [-0.05, 0) is 24.3 Å². The van der Waals surface area contributed by atoms with Gasteiger partial charge in [0.2, 0.25) is 0 Å². The third-order valence-corrected chi connectivity index (χ3v) is 4.00.